The monoisotopic (exact) mass is 853 g/mol. The van der Waals surface area contributed by atoms with Gasteiger partial charge in [0.25, 0.3) is 11.8 Å². The number of hydrogen-bond donors (Lipinski definition) is 3. The van der Waals surface area contributed by atoms with Gasteiger partial charge in [-0.2, -0.15) is 0 Å². The van der Waals surface area contributed by atoms with Gasteiger partial charge in [-0.1, -0.05) is 42.5 Å². The number of nitrogens with zero attached hydrogens (tertiary/aromatic N) is 6. The van der Waals surface area contributed by atoms with Crippen molar-refractivity contribution in [3.05, 3.63) is 169 Å². The molecule has 61 heavy (non-hydrogen) atoms. The first-order chi connectivity index (χ1) is 29.5. The van der Waals surface area contributed by atoms with E-state index < -0.39 is 19.7 Å². The van der Waals surface area contributed by atoms with Crippen LogP contribution in [-0.2, 0) is 32.8 Å². The molecule has 308 valence electrons. The molecule has 1 saturated heterocycles. The van der Waals surface area contributed by atoms with Crippen molar-refractivity contribution >= 4 is 53.7 Å². The smallest absolute Gasteiger partial charge is 0.267 e. The quantitative estimate of drug-likeness (QED) is 0.142. The highest BCUT2D eigenvalue weighted by Gasteiger charge is 2.21. The van der Waals surface area contributed by atoms with Crippen LogP contribution >= 0.6 is 0 Å². The second kappa shape index (κ2) is 17.5. The predicted molar refractivity (Wildman–Crippen MR) is 227 cm³/mol. The SMILES string of the molecule is O=C(NCc1ccc(S(=O)(=O)c2ccccc2)cc1)c1ccc2nncn2c1.O=C(NCc1ccc(S(=O)(=O)c2cncc(N3CCCC3)c2)cc1)c1cc2cnccc2[nH]1. The molecule has 0 unspecified atom stereocenters. The fourth-order valence-corrected chi connectivity index (χ4v) is 9.29. The van der Waals surface area contributed by atoms with Gasteiger partial charge < -0.3 is 20.5 Å². The molecule has 0 bridgehead atoms. The van der Waals surface area contributed by atoms with Crippen molar-refractivity contribution in [2.75, 3.05) is 18.0 Å². The average molecular weight is 854 g/mol. The number of rotatable bonds is 11. The molecule has 3 N–H and O–H groups in total. The molecule has 1 fully saturated rings. The lowest BCUT2D eigenvalue weighted by molar-refractivity contribution is 0.0940. The molecule has 0 aliphatic carbocycles. The van der Waals surface area contributed by atoms with Gasteiger partial charge in [0.15, 0.2) is 5.65 Å². The number of hydrogen-bond acceptors (Lipinski definition) is 11. The second-order valence-electron chi connectivity index (χ2n) is 14.2. The summed E-state index contributed by atoms with van der Waals surface area (Å²) in [4.78, 5) is 39.1. The van der Waals surface area contributed by atoms with Crippen LogP contribution < -0.4 is 15.5 Å². The Labute approximate surface area is 351 Å². The number of pyridine rings is 3. The Bertz CT molecular complexity index is 3030. The molecule has 2 amide bonds. The highest BCUT2D eigenvalue weighted by molar-refractivity contribution is 7.91. The molecule has 3 aromatic carbocycles. The summed E-state index contributed by atoms with van der Waals surface area (Å²) in [6.07, 6.45) is 11.8. The molecule has 15 nitrogen and oxygen atoms in total. The molecule has 17 heteroatoms. The largest absolute Gasteiger partial charge is 0.370 e. The third-order valence-corrected chi connectivity index (χ3v) is 13.6. The average Bonchev–Trinajstić information content (AvgIpc) is 4.10. The molecular weight excluding hydrogens is 815 g/mol. The number of carbonyl (C=O) groups is 2. The Hall–Kier alpha value is -7.24. The van der Waals surface area contributed by atoms with Gasteiger partial charge in [0.1, 0.15) is 12.0 Å². The summed E-state index contributed by atoms with van der Waals surface area (Å²) in [5.41, 5.74) is 4.85. The van der Waals surface area contributed by atoms with Crippen molar-refractivity contribution in [3.8, 4) is 0 Å². The first kappa shape index (κ1) is 40.5. The molecule has 8 aromatic rings. The predicted octanol–water partition coefficient (Wildman–Crippen LogP) is 5.81. The molecule has 0 radical (unpaired) electrons. The number of carbonyl (C=O) groups excluding carboxylic acids is 2. The second-order valence-corrected chi connectivity index (χ2v) is 18.1. The summed E-state index contributed by atoms with van der Waals surface area (Å²) in [5, 5.41) is 14.2. The van der Waals surface area contributed by atoms with E-state index in [1.807, 2.05) is 6.07 Å². The lowest BCUT2D eigenvalue weighted by atomic mass is 10.2. The van der Waals surface area contributed by atoms with E-state index in [4.69, 9.17) is 0 Å². The maximum Gasteiger partial charge on any atom is 0.267 e. The maximum atomic E-state index is 13.1. The van der Waals surface area contributed by atoms with E-state index in [1.54, 1.807) is 132 Å². The summed E-state index contributed by atoms with van der Waals surface area (Å²) < 4.78 is 53.1. The summed E-state index contributed by atoms with van der Waals surface area (Å²) >= 11 is 0. The van der Waals surface area contributed by atoms with Crippen LogP contribution in [0.3, 0.4) is 0 Å². The van der Waals surface area contributed by atoms with Crippen molar-refractivity contribution in [1.82, 2.24) is 40.2 Å². The third-order valence-electron chi connectivity index (χ3n) is 10.1. The van der Waals surface area contributed by atoms with Crippen molar-refractivity contribution < 1.29 is 26.4 Å². The van der Waals surface area contributed by atoms with Gasteiger partial charge in [-0.05, 0) is 90.7 Å². The third kappa shape index (κ3) is 9.17. The van der Waals surface area contributed by atoms with Crippen molar-refractivity contribution in [1.29, 1.82) is 0 Å². The van der Waals surface area contributed by atoms with Gasteiger partial charge in [-0.3, -0.25) is 24.0 Å². The highest BCUT2D eigenvalue weighted by atomic mass is 32.2. The molecule has 5 aromatic heterocycles. The van der Waals surface area contributed by atoms with E-state index in [-0.39, 0.29) is 44.5 Å². The Morgan fingerprint density at radius 2 is 1.30 bits per heavy atom. The first-order valence-electron chi connectivity index (χ1n) is 19.3. The van der Waals surface area contributed by atoms with Crippen LogP contribution in [0.4, 0.5) is 5.69 Å². The Balaban J connectivity index is 0.000000171. The number of anilines is 1. The van der Waals surface area contributed by atoms with Crippen molar-refractivity contribution in [2.45, 2.75) is 45.5 Å². The zero-order valence-corrected chi connectivity index (χ0v) is 34.2. The molecular formula is C44H39N9O6S2. The van der Waals surface area contributed by atoms with Crippen LogP contribution in [0, 0.1) is 0 Å². The molecule has 9 rings (SSSR count). The molecule has 0 saturated carbocycles. The maximum absolute atomic E-state index is 13.1. The normalized spacial score (nSPS) is 12.8. The number of nitrogens with one attached hydrogen (secondary N) is 3. The Morgan fingerprint density at radius 3 is 1.97 bits per heavy atom. The minimum absolute atomic E-state index is 0.182. The summed E-state index contributed by atoms with van der Waals surface area (Å²) in [5.74, 6) is -0.482. The molecule has 1 aliphatic heterocycles. The van der Waals surface area contributed by atoms with E-state index in [0.29, 0.717) is 16.9 Å². The van der Waals surface area contributed by atoms with Gasteiger partial charge in [-0.25, -0.2) is 16.8 Å². The lowest BCUT2D eigenvalue weighted by Gasteiger charge is -2.17. The lowest BCUT2D eigenvalue weighted by Crippen LogP contribution is -2.23. The van der Waals surface area contributed by atoms with Gasteiger partial charge in [0, 0.05) is 61.9 Å². The number of benzene rings is 3. The number of amides is 2. The number of sulfone groups is 2. The van der Waals surface area contributed by atoms with E-state index in [2.05, 4.69) is 40.7 Å². The first-order valence-corrected chi connectivity index (χ1v) is 22.2. The van der Waals surface area contributed by atoms with Crippen molar-refractivity contribution in [2.24, 2.45) is 0 Å². The van der Waals surface area contributed by atoms with E-state index in [1.165, 1.54) is 12.5 Å². The van der Waals surface area contributed by atoms with Gasteiger partial charge in [0.2, 0.25) is 19.7 Å². The van der Waals surface area contributed by atoms with Crippen LogP contribution in [0.1, 0.15) is 44.8 Å². The number of aromatic amines is 1. The van der Waals surface area contributed by atoms with Crippen LogP contribution in [-0.4, -0.2) is 71.3 Å². The fourth-order valence-electron chi connectivity index (χ4n) is 6.77. The fraction of sp³-hybridized carbons (Fsp3) is 0.136. The van der Waals surface area contributed by atoms with Crippen LogP contribution in [0.25, 0.3) is 16.6 Å². The Morgan fingerprint density at radius 1 is 0.656 bits per heavy atom. The minimum atomic E-state index is -3.68. The number of H-pyrrole nitrogens is 1. The molecule has 0 atom stereocenters. The number of aromatic nitrogens is 6. The van der Waals surface area contributed by atoms with Crippen molar-refractivity contribution in [3.63, 3.8) is 0 Å². The van der Waals surface area contributed by atoms with Crippen LogP contribution in [0.15, 0.2) is 166 Å². The minimum Gasteiger partial charge on any atom is -0.370 e. The van der Waals surface area contributed by atoms with Gasteiger partial charge in [-0.15, -0.1) is 10.2 Å². The van der Waals surface area contributed by atoms with Crippen LogP contribution in [0.2, 0.25) is 0 Å². The molecule has 6 heterocycles. The standard InChI is InChI=1S/C24H23N5O3S.C20H16N4O3S/c30-24(23-11-18-14-25-8-7-22(18)28-23)27-13-17-3-5-20(6-4-17)33(31,32)21-12-19(15-26-16-21)29-9-1-2-10-29;25-20(16-8-11-19-23-22-14-24(19)13-16)21-12-15-6-9-18(10-7-15)28(26,27)17-4-2-1-3-5-17/h3-8,11-12,14-16,28H,1-2,9-10,13H2,(H,27,30);1-11,13-14H,12H2,(H,21,25). The highest BCUT2D eigenvalue weighted by Crippen LogP contribution is 2.27. The zero-order valence-electron chi connectivity index (χ0n) is 32.5. The molecule has 0 spiro atoms. The summed E-state index contributed by atoms with van der Waals surface area (Å²) in [6.45, 7) is 2.39. The number of fused-ring (bicyclic) bond motifs is 2. The summed E-state index contributed by atoms with van der Waals surface area (Å²) in [6, 6.07) is 29.9. The zero-order chi connectivity index (χ0) is 42.4. The summed E-state index contributed by atoms with van der Waals surface area (Å²) in [7, 11) is -7.23. The van der Waals surface area contributed by atoms with Gasteiger partial charge >= 0.3 is 0 Å². The van der Waals surface area contributed by atoms with E-state index in [0.717, 1.165) is 53.6 Å². The van der Waals surface area contributed by atoms with E-state index >= 15 is 0 Å². The van der Waals surface area contributed by atoms with Gasteiger partial charge in [0.05, 0.1) is 37.0 Å². The van der Waals surface area contributed by atoms with E-state index in [9.17, 15) is 26.4 Å². The van der Waals surface area contributed by atoms with Crippen LogP contribution in [0.5, 0.6) is 0 Å². The topological polar surface area (TPSA) is 201 Å². The Kier molecular flexibility index (Phi) is 11.7. The molecule has 1 aliphatic rings.